The second kappa shape index (κ2) is 25.7. The number of ketones is 7. The average molecular weight is 1060 g/mol. The van der Waals surface area contributed by atoms with Crippen LogP contribution in [0, 0.1) is 93.7 Å². The van der Waals surface area contributed by atoms with E-state index in [0.29, 0.717) is 42.1 Å². The predicted molar refractivity (Wildman–Crippen MR) is 273 cm³/mol. The SMILES string of the molecule is C1=CCC=C1.CCO.CCOC(=O)[C@@]12C=CC(=O)C1C1C=CC2C1.O.O.O=C1C2OC2C(=O)[C@H]2C3C=CC(C3)[C@@H]12.O=C1C=CC(=O)C=C1.O=C1C=CC(=O)[C@H]2C3C=CC(C3)[C@@H]12.OC[C@@]12C=C[C@H](O)C1C1C=CC2C1.[Na+].[OH-]. The standard InChI is InChI=1S/C13H14O3.C11H10O3.C11H14O2.C11H10O2.C6H4O2.C5H6.C2H6O.Na.3H2O/c1-2-16-12(15)13-6-5-10(14)11(13)8-3-4-9(13)7-8;12-8-6-4-1-2-5(3-4)7(6)9(13)11-10(8)14-11;12-6-11-4-3-9(13)10(11)7-1-2-8(11)5-7;12-8-3-4-9(13)11-7-2-1-6(5-7)10(8)11;7-5-1-2-6(8)4-3-5;1-2-4-5-3-1;1-2-3;;;;/h3-6,8-9,11H,2,7H2,1H3;1-2,4-7,10-11H,3H2;1-4,7-10,12-13H,5-6H2;1-4,6-7,10-11H,5H2;1-4H;1-4H,5H2;3H,2H2,1H3;;3*1H2/q;;;;;;;+1;;;/p-1/t8?,9?,11?,13-;4?,5?,6-,7+,10?,11?;7?,8?,9-,10?,11+;6?,7?,10-,11+;;;;;;;/m1.0......../s1. The summed E-state index contributed by atoms with van der Waals surface area (Å²) in [6, 6.07) is 0. The molecule has 0 amide bonds. The minimum atomic E-state index is -0.674. The molecular weight excluding hydrogens is 988 g/mol. The number of fused-ring (bicyclic) bond motifs is 21. The van der Waals surface area contributed by atoms with Gasteiger partial charge in [-0.1, -0.05) is 91.1 Å². The van der Waals surface area contributed by atoms with Crippen LogP contribution in [0.25, 0.3) is 0 Å². The minimum absolute atomic E-state index is 0. The van der Waals surface area contributed by atoms with Gasteiger partial charge in [-0.2, -0.15) is 0 Å². The van der Waals surface area contributed by atoms with Gasteiger partial charge in [0.15, 0.2) is 52.7 Å². The zero-order valence-corrected chi connectivity index (χ0v) is 45.0. The molecule has 8 bridgehead atoms. The Morgan fingerprint density at radius 1 is 0.592 bits per heavy atom. The zero-order chi connectivity index (χ0) is 51.1. The maximum atomic E-state index is 12.1. The average Bonchev–Trinajstić information content (AvgIpc) is 4.25. The van der Waals surface area contributed by atoms with Crippen LogP contribution in [0.2, 0.25) is 0 Å². The van der Waals surface area contributed by atoms with E-state index in [2.05, 4.69) is 72.9 Å². The summed E-state index contributed by atoms with van der Waals surface area (Å²) in [7, 11) is 0. The molecule has 0 aromatic heterocycles. The Kier molecular flexibility index (Phi) is 20.9. The third-order valence-electron chi connectivity index (χ3n) is 17.4. The summed E-state index contributed by atoms with van der Waals surface area (Å²) in [6.07, 6.45) is 44.6. The Hall–Kier alpha value is -4.98. The molecule has 76 heavy (non-hydrogen) atoms. The molecule has 402 valence electrons. The van der Waals surface area contributed by atoms with Crippen molar-refractivity contribution in [2.24, 2.45) is 93.7 Å². The van der Waals surface area contributed by atoms with Crippen molar-refractivity contribution in [1.82, 2.24) is 0 Å². The summed E-state index contributed by atoms with van der Waals surface area (Å²) in [6.45, 7) is 4.28. The van der Waals surface area contributed by atoms with E-state index in [1.54, 1.807) is 26.0 Å². The smallest absolute Gasteiger partial charge is 0.870 e. The van der Waals surface area contributed by atoms with Crippen molar-refractivity contribution in [1.29, 1.82) is 0 Å². The molecule has 1 heterocycles. The van der Waals surface area contributed by atoms with Gasteiger partial charge < -0.3 is 41.2 Å². The van der Waals surface area contributed by atoms with E-state index in [9.17, 15) is 48.6 Å². The first kappa shape index (κ1) is 61.9. The molecule has 6 fully saturated rings. The van der Waals surface area contributed by atoms with Crippen LogP contribution in [-0.2, 0) is 47.8 Å². The number of aliphatic hydroxyl groups is 3. The van der Waals surface area contributed by atoms with Crippen LogP contribution in [0.3, 0.4) is 0 Å². The third-order valence-corrected chi connectivity index (χ3v) is 17.4. The Balaban J connectivity index is 0.000000169. The zero-order valence-electron chi connectivity index (χ0n) is 43.0. The van der Waals surface area contributed by atoms with Crippen molar-refractivity contribution >= 4 is 46.5 Å². The molecule has 15 aliphatic rings. The molecule has 17 heteroatoms. The normalized spacial score (nSPS) is 40.3. The first-order chi connectivity index (χ1) is 34.7. The summed E-state index contributed by atoms with van der Waals surface area (Å²) < 4.78 is 10.3. The fourth-order valence-corrected chi connectivity index (χ4v) is 14.4. The van der Waals surface area contributed by atoms with Crippen molar-refractivity contribution < 1.29 is 109 Å². The first-order valence-electron chi connectivity index (χ1n) is 25.7. The van der Waals surface area contributed by atoms with Crippen molar-refractivity contribution in [3.63, 3.8) is 0 Å². The number of Topliss-reactive ketones (excluding diaryl/α,β-unsaturated/α-hetero) is 2. The number of carbonyl (C=O) groups excluding carboxylic acids is 8. The van der Waals surface area contributed by atoms with Gasteiger partial charge in [0.2, 0.25) is 0 Å². The van der Waals surface area contributed by atoms with Crippen LogP contribution in [0.1, 0.15) is 46.0 Å². The maximum Gasteiger partial charge on any atom is 1.00 e. The second-order valence-corrected chi connectivity index (χ2v) is 21.1. The molecule has 0 aromatic carbocycles. The molecule has 8 N–H and O–H groups in total. The number of hydrogen-bond acceptors (Lipinski definition) is 14. The fourth-order valence-electron chi connectivity index (χ4n) is 14.4. The predicted octanol–water partition coefficient (Wildman–Crippen LogP) is 0.621. The Morgan fingerprint density at radius 3 is 1.51 bits per heavy atom. The summed E-state index contributed by atoms with van der Waals surface area (Å²) in [5.74, 6) is 2.92. The topological polar surface area (TPSA) is 312 Å². The molecule has 1 aliphatic heterocycles. The second-order valence-electron chi connectivity index (χ2n) is 21.1. The van der Waals surface area contributed by atoms with Gasteiger partial charge in [-0.25, -0.2) is 0 Å². The van der Waals surface area contributed by atoms with Gasteiger partial charge in [0, 0.05) is 47.5 Å². The van der Waals surface area contributed by atoms with Gasteiger partial charge in [0.05, 0.1) is 19.3 Å². The van der Waals surface area contributed by atoms with Crippen molar-refractivity contribution in [2.75, 3.05) is 19.8 Å². The van der Waals surface area contributed by atoms with E-state index < -0.39 is 5.41 Å². The number of rotatable bonds is 3. The van der Waals surface area contributed by atoms with Crippen molar-refractivity contribution in [3.8, 4) is 0 Å². The molecule has 0 aromatic rings. The summed E-state index contributed by atoms with van der Waals surface area (Å²) in [5.41, 5.74) is -0.800. The Morgan fingerprint density at radius 2 is 1.05 bits per heavy atom. The number of epoxide rings is 1. The molecule has 1 saturated heterocycles. The Bertz CT molecular complexity index is 2500. The maximum absolute atomic E-state index is 12.1. The number of aliphatic hydroxyl groups excluding tert-OH is 3. The first-order valence-corrected chi connectivity index (χ1v) is 25.7. The minimum Gasteiger partial charge on any atom is -0.870 e. The van der Waals surface area contributed by atoms with Gasteiger partial charge in [-0.05, 0) is 136 Å². The largest absolute Gasteiger partial charge is 1.00 e. The molecule has 5 saturated carbocycles. The molecule has 14 aliphatic carbocycles. The van der Waals surface area contributed by atoms with E-state index >= 15 is 0 Å². The van der Waals surface area contributed by atoms with Crippen molar-refractivity contribution in [3.05, 3.63) is 134 Å². The van der Waals surface area contributed by atoms with Crippen LogP contribution in [0.15, 0.2) is 134 Å². The molecule has 15 rings (SSSR count). The molecular formula is C59H69NaO16. The molecule has 16 nitrogen and oxygen atoms in total. The number of esters is 1. The van der Waals surface area contributed by atoms with Crippen LogP contribution in [0.5, 0.6) is 0 Å². The number of allylic oxidation sites excluding steroid dienone is 19. The van der Waals surface area contributed by atoms with Gasteiger partial charge >= 0.3 is 35.5 Å². The third kappa shape index (κ3) is 11.2. The van der Waals surface area contributed by atoms with Gasteiger partial charge in [0.1, 0.15) is 5.41 Å². The summed E-state index contributed by atoms with van der Waals surface area (Å²) in [5, 5.41) is 26.8. The van der Waals surface area contributed by atoms with Crippen LogP contribution in [-0.4, -0.2) is 116 Å². The number of hydrogen-bond donors (Lipinski definition) is 3. The van der Waals surface area contributed by atoms with E-state index in [-0.39, 0.29) is 177 Å². The number of carbonyl (C=O) groups is 8. The van der Waals surface area contributed by atoms with Crippen LogP contribution in [0.4, 0.5) is 0 Å². The quantitative estimate of drug-likeness (QED) is 0.115. The summed E-state index contributed by atoms with van der Waals surface area (Å²) >= 11 is 0. The van der Waals surface area contributed by atoms with Crippen molar-refractivity contribution in [2.45, 2.75) is 64.3 Å². The molecule has 0 radical (unpaired) electrons. The Labute approximate surface area is 464 Å². The van der Waals surface area contributed by atoms with E-state index in [1.165, 1.54) is 36.5 Å². The van der Waals surface area contributed by atoms with Crippen LogP contribution >= 0.6 is 0 Å². The molecule has 0 spiro atoms. The molecule has 12 unspecified atom stereocenters. The van der Waals surface area contributed by atoms with E-state index in [1.807, 2.05) is 12.2 Å². The van der Waals surface area contributed by atoms with E-state index in [0.717, 1.165) is 32.1 Å². The fraction of sp³-hybridized carbons (Fsp3) is 0.492. The van der Waals surface area contributed by atoms with Gasteiger partial charge in [-0.15, -0.1) is 0 Å². The summed E-state index contributed by atoms with van der Waals surface area (Å²) in [4.78, 5) is 91.3. The van der Waals surface area contributed by atoms with Gasteiger partial charge in [0.25, 0.3) is 0 Å². The number of ether oxygens (including phenoxy) is 2. The molecule has 19 atom stereocenters. The monoisotopic (exact) mass is 1060 g/mol. The van der Waals surface area contributed by atoms with E-state index in [4.69, 9.17) is 14.6 Å². The van der Waals surface area contributed by atoms with Gasteiger partial charge in [-0.3, -0.25) is 38.4 Å². The van der Waals surface area contributed by atoms with Crippen LogP contribution < -0.4 is 29.6 Å².